The first kappa shape index (κ1) is 13.3. The van der Waals surface area contributed by atoms with E-state index in [1.54, 1.807) is 0 Å². The lowest BCUT2D eigenvalue weighted by Gasteiger charge is -2.09. The maximum Gasteiger partial charge on any atom is 0.218 e. The monoisotopic (exact) mass is 257 g/mol. The van der Waals surface area contributed by atoms with Crippen LogP contribution in [0.2, 0.25) is 0 Å². The fraction of sp³-hybridized carbons (Fsp3) is 0.333. The van der Waals surface area contributed by atoms with E-state index in [1.807, 2.05) is 19.9 Å². The average Bonchev–Trinajstić information content (AvgIpc) is 2.38. The molecule has 0 fully saturated rings. The van der Waals surface area contributed by atoms with Crippen LogP contribution in [0.15, 0.2) is 30.3 Å². The molecule has 0 spiro atoms. The molecule has 0 unspecified atom stereocenters. The Kier molecular flexibility index (Phi) is 4.34. The molecule has 0 aliphatic heterocycles. The summed E-state index contributed by atoms with van der Waals surface area (Å²) in [6.07, 6.45) is 0. The smallest absolute Gasteiger partial charge is 0.218 e. The van der Waals surface area contributed by atoms with Crippen molar-refractivity contribution < 1.29 is 4.74 Å². The van der Waals surface area contributed by atoms with E-state index in [0.29, 0.717) is 18.3 Å². The van der Waals surface area contributed by atoms with Crippen LogP contribution in [0.25, 0.3) is 0 Å². The summed E-state index contributed by atoms with van der Waals surface area (Å²) in [4.78, 5) is 8.56. The Morgan fingerprint density at radius 3 is 2.53 bits per heavy atom. The van der Waals surface area contributed by atoms with Crippen LogP contribution in [0.4, 0.5) is 5.82 Å². The van der Waals surface area contributed by atoms with Gasteiger partial charge in [0.2, 0.25) is 5.88 Å². The average molecular weight is 257 g/mol. The Labute approximate surface area is 113 Å². The Balaban J connectivity index is 2.04. The lowest BCUT2D eigenvalue weighted by atomic mass is 10.1. The van der Waals surface area contributed by atoms with E-state index in [9.17, 15) is 0 Å². The SMILES string of the molecule is CCOc1cc(NCc2ccc(C)cc2)nc(C)n1. The molecule has 0 saturated heterocycles. The standard InChI is InChI=1S/C15H19N3O/c1-4-19-15-9-14(17-12(3)18-15)16-10-13-7-5-11(2)6-8-13/h5-9H,4,10H2,1-3H3,(H,16,17,18). The summed E-state index contributed by atoms with van der Waals surface area (Å²) in [5, 5.41) is 3.29. The molecule has 4 heteroatoms. The first-order valence-corrected chi connectivity index (χ1v) is 6.45. The van der Waals surface area contributed by atoms with E-state index < -0.39 is 0 Å². The van der Waals surface area contributed by atoms with Crippen molar-refractivity contribution >= 4 is 5.82 Å². The van der Waals surface area contributed by atoms with Crippen molar-refractivity contribution in [3.05, 3.63) is 47.3 Å². The molecule has 100 valence electrons. The summed E-state index contributed by atoms with van der Waals surface area (Å²) in [6, 6.07) is 10.3. The summed E-state index contributed by atoms with van der Waals surface area (Å²) < 4.78 is 5.40. The minimum Gasteiger partial charge on any atom is -0.478 e. The highest BCUT2D eigenvalue weighted by Gasteiger charge is 2.02. The van der Waals surface area contributed by atoms with Crippen LogP contribution in [0.1, 0.15) is 23.9 Å². The van der Waals surface area contributed by atoms with Gasteiger partial charge in [-0.15, -0.1) is 0 Å². The van der Waals surface area contributed by atoms with E-state index >= 15 is 0 Å². The third-order valence-corrected chi connectivity index (χ3v) is 2.70. The van der Waals surface area contributed by atoms with Crippen molar-refractivity contribution in [2.45, 2.75) is 27.3 Å². The number of benzene rings is 1. The number of anilines is 1. The van der Waals surface area contributed by atoms with Gasteiger partial charge in [-0.3, -0.25) is 0 Å². The lowest BCUT2D eigenvalue weighted by molar-refractivity contribution is 0.325. The molecule has 0 bridgehead atoms. The second-order valence-corrected chi connectivity index (χ2v) is 4.41. The van der Waals surface area contributed by atoms with E-state index in [2.05, 4.69) is 46.5 Å². The van der Waals surface area contributed by atoms with Crippen LogP contribution in [0.5, 0.6) is 5.88 Å². The minimum absolute atomic E-state index is 0.605. The molecule has 2 rings (SSSR count). The highest BCUT2D eigenvalue weighted by Crippen LogP contribution is 2.14. The predicted octanol–water partition coefficient (Wildman–Crippen LogP) is 3.10. The summed E-state index contributed by atoms with van der Waals surface area (Å²) in [7, 11) is 0. The number of ether oxygens (including phenoxy) is 1. The maximum atomic E-state index is 5.40. The highest BCUT2D eigenvalue weighted by molar-refractivity contribution is 5.39. The number of nitrogens with zero attached hydrogens (tertiary/aromatic N) is 2. The van der Waals surface area contributed by atoms with Gasteiger partial charge in [-0.25, -0.2) is 4.98 Å². The van der Waals surface area contributed by atoms with E-state index in [0.717, 1.165) is 12.4 Å². The highest BCUT2D eigenvalue weighted by atomic mass is 16.5. The van der Waals surface area contributed by atoms with Crippen molar-refractivity contribution in [1.82, 2.24) is 9.97 Å². The third-order valence-electron chi connectivity index (χ3n) is 2.70. The largest absolute Gasteiger partial charge is 0.478 e. The summed E-state index contributed by atoms with van der Waals surface area (Å²) in [6.45, 7) is 7.23. The summed E-state index contributed by atoms with van der Waals surface area (Å²) in [5.41, 5.74) is 2.49. The van der Waals surface area contributed by atoms with Gasteiger partial charge in [0.05, 0.1) is 6.61 Å². The van der Waals surface area contributed by atoms with Gasteiger partial charge in [0, 0.05) is 12.6 Å². The van der Waals surface area contributed by atoms with Gasteiger partial charge >= 0.3 is 0 Å². The van der Waals surface area contributed by atoms with Gasteiger partial charge in [-0.1, -0.05) is 29.8 Å². The van der Waals surface area contributed by atoms with Crippen LogP contribution < -0.4 is 10.1 Å². The third kappa shape index (κ3) is 3.95. The zero-order valence-corrected chi connectivity index (χ0v) is 11.6. The number of aryl methyl sites for hydroxylation is 2. The molecule has 1 heterocycles. The number of rotatable bonds is 5. The van der Waals surface area contributed by atoms with Gasteiger partial charge in [0.15, 0.2) is 0 Å². The molecular weight excluding hydrogens is 238 g/mol. The van der Waals surface area contributed by atoms with Crippen molar-refractivity contribution in [1.29, 1.82) is 0 Å². The fourth-order valence-corrected chi connectivity index (χ4v) is 1.75. The van der Waals surface area contributed by atoms with Crippen LogP contribution in [-0.2, 0) is 6.54 Å². The van der Waals surface area contributed by atoms with Gasteiger partial charge < -0.3 is 10.1 Å². The van der Waals surface area contributed by atoms with Crippen molar-refractivity contribution in [2.75, 3.05) is 11.9 Å². The number of aromatic nitrogens is 2. The second kappa shape index (κ2) is 6.18. The molecule has 0 amide bonds. The molecule has 0 aliphatic carbocycles. The maximum absolute atomic E-state index is 5.40. The second-order valence-electron chi connectivity index (χ2n) is 4.41. The van der Waals surface area contributed by atoms with Crippen molar-refractivity contribution in [2.24, 2.45) is 0 Å². The van der Waals surface area contributed by atoms with Crippen LogP contribution >= 0.6 is 0 Å². The molecule has 2 aromatic rings. The van der Waals surface area contributed by atoms with Crippen molar-refractivity contribution in [3.63, 3.8) is 0 Å². The zero-order valence-electron chi connectivity index (χ0n) is 11.6. The Morgan fingerprint density at radius 2 is 1.84 bits per heavy atom. The van der Waals surface area contributed by atoms with Crippen LogP contribution in [0, 0.1) is 13.8 Å². The fourth-order valence-electron chi connectivity index (χ4n) is 1.75. The first-order valence-electron chi connectivity index (χ1n) is 6.45. The molecule has 0 radical (unpaired) electrons. The van der Waals surface area contributed by atoms with Crippen molar-refractivity contribution in [3.8, 4) is 5.88 Å². The molecule has 0 atom stereocenters. The van der Waals surface area contributed by atoms with Crippen LogP contribution in [-0.4, -0.2) is 16.6 Å². The molecular formula is C15H19N3O. The van der Waals surface area contributed by atoms with Gasteiger partial charge in [-0.2, -0.15) is 4.98 Å². The topological polar surface area (TPSA) is 47.0 Å². The van der Waals surface area contributed by atoms with E-state index in [-0.39, 0.29) is 0 Å². The quantitative estimate of drug-likeness (QED) is 0.894. The first-order chi connectivity index (χ1) is 9.17. The molecule has 19 heavy (non-hydrogen) atoms. The molecule has 1 N–H and O–H groups in total. The van der Waals surface area contributed by atoms with Crippen LogP contribution in [0.3, 0.4) is 0 Å². The summed E-state index contributed by atoms with van der Waals surface area (Å²) >= 11 is 0. The van der Waals surface area contributed by atoms with E-state index in [1.165, 1.54) is 11.1 Å². The molecule has 0 saturated carbocycles. The minimum atomic E-state index is 0.605. The Bertz CT molecular complexity index is 538. The molecule has 0 aliphatic rings. The Hall–Kier alpha value is -2.10. The summed E-state index contributed by atoms with van der Waals surface area (Å²) in [5.74, 6) is 2.11. The number of hydrogen-bond donors (Lipinski definition) is 1. The lowest BCUT2D eigenvalue weighted by Crippen LogP contribution is -2.05. The van der Waals surface area contributed by atoms with E-state index in [4.69, 9.17) is 4.74 Å². The zero-order chi connectivity index (χ0) is 13.7. The number of hydrogen-bond acceptors (Lipinski definition) is 4. The molecule has 1 aromatic heterocycles. The predicted molar refractivity (Wildman–Crippen MR) is 76.4 cm³/mol. The number of nitrogens with one attached hydrogen (secondary N) is 1. The van der Waals surface area contributed by atoms with Gasteiger partial charge in [0.1, 0.15) is 11.6 Å². The normalized spacial score (nSPS) is 10.3. The van der Waals surface area contributed by atoms with Gasteiger partial charge in [0.25, 0.3) is 0 Å². The molecule has 4 nitrogen and oxygen atoms in total. The van der Waals surface area contributed by atoms with Gasteiger partial charge in [-0.05, 0) is 26.3 Å². The Morgan fingerprint density at radius 1 is 1.11 bits per heavy atom. The molecule has 1 aromatic carbocycles.